The summed E-state index contributed by atoms with van der Waals surface area (Å²) >= 11 is 0. The third kappa shape index (κ3) is 3.20. The van der Waals surface area contributed by atoms with Crippen LogP contribution in [0.2, 0.25) is 0 Å². The molecule has 8 nitrogen and oxygen atoms in total. The molecule has 1 amide bonds. The predicted octanol–water partition coefficient (Wildman–Crippen LogP) is 3.46. The van der Waals surface area contributed by atoms with Gasteiger partial charge in [-0.25, -0.2) is 14.3 Å². The van der Waals surface area contributed by atoms with Crippen molar-refractivity contribution in [2.24, 2.45) is 0 Å². The molecule has 8 heteroatoms. The van der Waals surface area contributed by atoms with E-state index in [0.717, 1.165) is 16.7 Å². The number of ether oxygens (including phenoxy) is 1. The lowest BCUT2D eigenvalue weighted by Gasteiger charge is -2.07. The summed E-state index contributed by atoms with van der Waals surface area (Å²) in [6, 6.07) is 11.6. The number of benzene rings is 1. The molecule has 1 N–H and O–H groups in total. The predicted molar refractivity (Wildman–Crippen MR) is 106 cm³/mol. The Morgan fingerprint density at radius 1 is 1.18 bits per heavy atom. The van der Waals surface area contributed by atoms with Crippen molar-refractivity contribution in [3.63, 3.8) is 0 Å². The number of anilines is 1. The number of amides is 1. The Labute approximate surface area is 161 Å². The molecule has 142 valence electrons. The molecule has 1 aromatic carbocycles. The smallest absolute Gasteiger partial charge is 0.280 e. The Morgan fingerprint density at radius 3 is 2.68 bits per heavy atom. The zero-order chi connectivity index (χ0) is 19.7. The van der Waals surface area contributed by atoms with E-state index in [1.807, 2.05) is 54.9 Å². The zero-order valence-electron chi connectivity index (χ0n) is 15.8. The van der Waals surface area contributed by atoms with Crippen molar-refractivity contribution < 1.29 is 9.53 Å². The van der Waals surface area contributed by atoms with E-state index in [0.29, 0.717) is 11.4 Å². The number of carbonyl (C=O) groups is 1. The molecular formula is C20H20N6O2. The molecule has 0 atom stereocenters. The van der Waals surface area contributed by atoms with Gasteiger partial charge in [-0.3, -0.25) is 4.79 Å². The van der Waals surface area contributed by atoms with Gasteiger partial charge < -0.3 is 10.1 Å². The molecule has 4 rings (SSSR count). The van der Waals surface area contributed by atoms with Crippen molar-refractivity contribution in [2.75, 3.05) is 12.4 Å². The Balaban J connectivity index is 1.61. The number of hydrogen-bond acceptors (Lipinski definition) is 5. The van der Waals surface area contributed by atoms with Gasteiger partial charge in [0.1, 0.15) is 0 Å². The van der Waals surface area contributed by atoms with Crippen LogP contribution in [0.1, 0.15) is 30.4 Å². The molecular weight excluding hydrogens is 356 g/mol. The highest BCUT2D eigenvalue weighted by Gasteiger charge is 2.19. The van der Waals surface area contributed by atoms with E-state index in [1.165, 1.54) is 7.11 Å². The summed E-state index contributed by atoms with van der Waals surface area (Å²) in [5, 5.41) is 12.4. The number of para-hydroxylation sites is 1. The normalized spacial score (nSPS) is 11.1. The number of nitrogens with zero attached hydrogens (tertiary/aromatic N) is 5. The average molecular weight is 376 g/mol. The molecule has 0 fully saturated rings. The van der Waals surface area contributed by atoms with Gasteiger partial charge in [0.25, 0.3) is 5.91 Å². The summed E-state index contributed by atoms with van der Waals surface area (Å²) in [6.45, 7) is 4.08. The minimum Gasteiger partial charge on any atom is -0.493 e. The lowest BCUT2D eigenvalue weighted by molar-refractivity contribution is 0.101. The first-order valence-corrected chi connectivity index (χ1v) is 8.90. The van der Waals surface area contributed by atoms with Crippen LogP contribution < -0.4 is 10.1 Å². The number of rotatable bonds is 5. The Bertz CT molecular complexity index is 1130. The molecule has 0 aliphatic carbocycles. The molecule has 0 aliphatic rings. The first-order valence-electron chi connectivity index (χ1n) is 8.90. The maximum Gasteiger partial charge on any atom is 0.280 e. The average Bonchev–Trinajstić information content (AvgIpc) is 3.32. The number of carbonyl (C=O) groups excluding carboxylic acids is 1. The number of nitrogens with one attached hydrogen (secondary N) is 1. The second-order valence-corrected chi connectivity index (χ2v) is 6.60. The topological polar surface area (TPSA) is 86.9 Å². The van der Waals surface area contributed by atoms with Crippen LogP contribution in [0.3, 0.4) is 0 Å². The second-order valence-electron chi connectivity index (χ2n) is 6.60. The summed E-state index contributed by atoms with van der Waals surface area (Å²) in [4.78, 5) is 17.2. The number of fused-ring (bicyclic) bond motifs is 1. The zero-order valence-corrected chi connectivity index (χ0v) is 15.8. The van der Waals surface area contributed by atoms with Gasteiger partial charge in [-0.1, -0.05) is 18.2 Å². The molecule has 4 aromatic rings. The summed E-state index contributed by atoms with van der Waals surface area (Å²) in [5.41, 5.74) is 2.38. The van der Waals surface area contributed by atoms with Crippen LogP contribution in [0.4, 0.5) is 5.69 Å². The molecule has 0 radical (unpaired) electrons. The van der Waals surface area contributed by atoms with Gasteiger partial charge in [-0.15, -0.1) is 0 Å². The van der Waals surface area contributed by atoms with Crippen LogP contribution in [0.25, 0.3) is 16.7 Å². The molecule has 3 heterocycles. The summed E-state index contributed by atoms with van der Waals surface area (Å²) in [7, 11) is 1.51. The fourth-order valence-corrected chi connectivity index (χ4v) is 2.95. The molecule has 0 bridgehead atoms. The first-order chi connectivity index (χ1) is 13.6. The van der Waals surface area contributed by atoms with Gasteiger partial charge in [0, 0.05) is 11.4 Å². The Kier molecular flexibility index (Phi) is 4.52. The van der Waals surface area contributed by atoms with Gasteiger partial charge in [0.15, 0.2) is 17.1 Å². The van der Waals surface area contributed by atoms with Crippen LogP contribution in [-0.4, -0.2) is 37.6 Å². The molecule has 0 saturated heterocycles. The minimum absolute atomic E-state index is 0.198. The molecule has 3 aromatic heterocycles. The highest BCUT2D eigenvalue weighted by Crippen LogP contribution is 2.23. The van der Waals surface area contributed by atoms with Gasteiger partial charge in [-0.2, -0.15) is 10.2 Å². The van der Waals surface area contributed by atoms with Crippen molar-refractivity contribution in [1.29, 1.82) is 0 Å². The first kappa shape index (κ1) is 17.7. The number of pyridine rings is 1. The van der Waals surface area contributed by atoms with Crippen LogP contribution in [0.5, 0.6) is 5.75 Å². The summed E-state index contributed by atoms with van der Waals surface area (Å²) in [5.74, 6) is 0.0203. The van der Waals surface area contributed by atoms with E-state index >= 15 is 0 Å². The van der Waals surface area contributed by atoms with E-state index in [4.69, 9.17) is 4.74 Å². The lowest BCUT2D eigenvalue weighted by Crippen LogP contribution is -2.14. The van der Waals surface area contributed by atoms with Crippen LogP contribution in [-0.2, 0) is 0 Å². The quantitative estimate of drug-likeness (QED) is 0.576. The number of hydrogen-bond donors (Lipinski definition) is 1. The van der Waals surface area contributed by atoms with Crippen molar-refractivity contribution >= 4 is 22.6 Å². The third-order valence-electron chi connectivity index (χ3n) is 4.32. The van der Waals surface area contributed by atoms with E-state index < -0.39 is 0 Å². The van der Waals surface area contributed by atoms with Gasteiger partial charge in [-0.05, 0) is 32.0 Å². The van der Waals surface area contributed by atoms with E-state index in [-0.39, 0.29) is 17.6 Å². The molecule has 0 aliphatic heterocycles. The molecule has 0 unspecified atom stereocenters. The number of methoxy groups -OCH3 is 1. The Morgan fingerprint density at radius 2 is 1.96 bits per heavy atom. The monoisotopic (exact) mass is 376 g/mol. The molecule has 0 saturated carbocycles. The third-order valence-corrected chi connectivity index (χ3v) is 4.32. The fraction of sp³-hybridized carbons (Fsp3) is 0.200. The highest BCUT2D eigenvalue weighted by molar-refractivity contribution is 6.05. The van der Waals surface area contributed by atoms with Crippen molar-refractivity contribution in [2.45, 2.75) is 19.9 Å². The van der Waals surface area contributed by atoms with Crippen molar-refractivity contribution in [1.82, 2.24) is 24.5 Å². The van der Waals surface area contributed by atoms with Gasteiger partial charge >= 0.3 is 0 Å². The fourth-order valence-electron chi connectivity index (χ4n) is 2.95. The molecule has 28 heavy (non-hydrogen) atoms. The SMILES string of the molecule is COc1cn(-c2ccccc2)nc1C(=O)Nc1cnc2c(cnn2C(C)C)c1. The van der Waals surface area contributed by atoms with Crippen LogP contribution in [0.15, 0.2) is 55.0 Å². The summed E-state index contributed by atoms with van der Waals surface area (Å²) < 4.78 is 8.78. The standard InChI is InChI=1S/C20H20N6O2/c1-13(2)26-19-14(10-22-26)9-15(11-21-19)23-20(27)18-17(28-3)12-25(24-18)16-7-5-4-6-8-16/h4-13H,1-3H3,(H,23,27). The van der Waals surface area contributed by atoms with E-state index in [1.54, 1.807) is 23.3 Å². The summed E-state index contributed by atoms with van der Waals surface area (Å²) in [6.07, 6.45) is 5.03. The highest BCUT2D eigenvalue weighted by atomic mass is 16.5. The van der Waals surface area contributed by atoms with Crippen LogP contribution >= 0.6 is 0 Å². The van der Waals surface area contributed by atoms with E-state index in [9.17, 15) is 4.79 Å². The lowest BCUT2D eigenvalue weighted by atomic mass is 10.3. The van der Waals surface area contributed by atoms with Crippen molar-refractivity contribution in [3.05, 3.63) is 60.7 Å². The largest absolute Gasteiger partial charge is 0.493 e. The minimum atomic E-state index is -0.371. The van der Waals surface area contributed by atoms with Gasteiger partial charge in [0.2, 0.25) is 0 Å². The molecule has 0 spiro atoms. The van der Waals surface area contributed by atoms with Crippen LogP contribution in [0, 0.1) is 0 Å². The van der Waals surface area contributed by atoms with E-state index in [2.05, 4.69) is 20.5 Å². The second kappa shape index (κ2) is 7.15. The van der Waals surface area contributed by atoms with Gasteiger partial charge in [0.05, 0.1) is 37.1 Å². The maximum atomic E-state index is 12.8. The number of aromatic nitrogens is 5. The maximum absolute atomic E-state index is 12.8. The Hall–Kier alpha value is -3.68. The van der Waals surface area contributed by atoms with Crippen molar-refractivity contribution in [3.8, 4) is 11.4 Å².